The minimum atomic E-state index is -1.24. The molecule has 31 heavy (non-hydrogen) atoms. The van der Waals surface area contributed by atoms with E-state index in [-0.39, 0.29) is 23.0 Å². The van der Waals surface area contributed by atoms with Crippen LogP contribution < -0.4 is 5.73 Å². The van der Waals surface area contributed by atoms with Crippen LogP contribution in [0, 0.1) is 11.6 Å². The quantitative estimate of drug-likeness (QED) is 0.435. The standard InChI is InChI=1S/C19H13F2N7O3/c1-30-18(29)14(9-4-5-11(20)12(21)7-9)27-17-10(8-23-27)16-24-15(13-3-2-6-31-13)26-28(16)19(22)25-17/h2-8,14H,1H3,(H2,22,25). The SMILES string of the molecule is COC(=O)C(c1ccc(F)c(F)c1)n1ncc2c1nc(N)n1nc(-c3ccco3)nc21. The number of nitrogens with two attached hydrogens (primary N) is 1. The van der Waals surface area contributed by atoms with Gasteiger partial charge in [0, 0.05) is 0 Å². The largest absolute Gasteiger partial charge is 0.467 e. The Kier molecular flexibility index (Phi) is 4.13. The number of nitrogen functional groups attached to an aromatic ring is 1. The molecule has 1 unspecified atom stereocenters. The first-order chi connectivity index (χ1) is 15.0. The Bertz CT molecular complexity index is 1440. The molecule has 0 amide bonds. The molecule has 1 aromatic carbocycles. The van der Waals surface area contributed by atoms with Gasteiger partial charge in [-0.2, -0.15) is 14.6 Å². The van der Waals surface area contributed by atoms with Gasteiger partial charge in [0.15, 0.2) is 34.7 Å². The fourth-order valence-electron chi connectivity index (χ4n) is 3.30. The topological polar surface area (TPSA) is 126 Å². The van der Waals surface area contributed by atoms with E-state index in [1.165, 1.54) is 34.8 Å². The van der Waals surface area contributed by atoms with Crippen molar-refractivity contribution in [3.63, 3.8) is 0 Å². The first-order valence-corrected chi connectivity index (χ1v) is 8.94. The van der Waals surface area contributed by atoms with Gasteiger partial charge in [-0.05, 0) is 29.8 Å². The average molecular weight is 425 g/mol. The predicted molar refractivity (Wildman–Crippen MR) is 103 cm³/mol. The van der Waals surface area contributed by atoms with E-state index in [2.05, 4.69) is 20.2 Å². The van der Waals surface area contributed by atoms with Crippen LogP contribution in [0.15, 0.2) is 47.2 Å². The van der Waals surface area contributed by atoms with E-state index in [1.54, 1.807) is 12.1 Å². The number of nitrogens with zero attached hydrogens (tertiary/aromatic N) is 6. The summed E-state index contributed by atoms with van der Waals surface area (Å²) in [4.78, 5) is 21.3. The predicted octanol–water partition coefficient (Wildman–Crippen LogP) is 2.36. The molecule has 5 rings (SSSR count). The van der Waals surface area contributed by atoms with Gasteiger partial charge in [-0.3, -0.25) is 0 Å². The number of rotatable bonds is 4. The van der Waals surface area contributed by atoms with Gasteiger partial charge in [-0.15, -0.1) is 5.10 Å². The lowest BCUT2D eigenvalue weighted by Crippen LogP contribution is -2.24. The van der Waals surface area contributed by atoms with Crippen LogP contribution in [0.2, 0.25) is 0 Å². The van der Waals surface area contributed by atoms with Crippen LogP contribution in [0.25, 0.3) is 28.3 Å². The number of fused-ring (bicyclic) bond motifs is 3. The third-order valence-electron chi connectivity index (χ3n) is 4.72. The zero-order valence-electron chi connectivity index (χ0n) is 15.9. The van der Waals surface area contributed by atoms with E-state index in [4.69, 9.17) is 14.9 Å². The maximum atomic E-state index is 13.8. The first kappa shape index (κ1) is 18.7. The highest BCUT2D eigenvalue weighted by Gasteiger charge is 2.29. The van der Waals surface area contributed by atoms with Crippen molar-refractivity contribution < 1.29 is 22.7 Å². The molecule has 10 nitrogen and oxygen atoms in total. The van der Waals surface area contributed by atoms with Crippen molar-refractivity contribution in [1.29, 1.82) is 0 Å². The summed E-state index contributed by atoms with van der Waals surface area (Å²) in [6, 6.07) is 5.23. The fourth-order valence-corrected chi connectivity index (χ4v) is 3.30. The summed E-state index contributed by atoms with van der Waals surface area (Å²) in [6.07, 6.45) is 2.91. The normalized spacial score (nSPS) is 12.5. The Morgan fingerprint density at radius 3 is 2.74 bits per heavy atom. The van der Waals surface area contributed by atoms with Gasteiger partial charge in [0.25, 0.3) is 0 Å². The van der Waals surface area contributed by atoms with Gasteiger partial charge in [-0.1, -0.05) is 6.07 Å². The molecule has 0 aliphatic heterocycles. The molecular weight excluding hydrogens is 412 g/mol. The van der Waals surface area contributed by atoms with E-state index in [0.29, 0.717) is 16.8 Å². The summed E-state index contributed by atoms with van der Waals surface area (Å²) in [5, 5.41) is 8.95. The number of furan rings is 1. The number of ether oxygens (including phenoxy) is 1. The van der Waals surface area contributed by atoms with Gasteiger partial charge < -0.3 is 14.9 Å². The Labute approximate surface area is 171 Å². The minimum Gasteiger partial charge on any atom is -0.467 e. The summed E-state index contributed by atoms with van der Waals surface area (Å²) >= 11 is 0. The molecule has 4 aromatic heterocycles. The molecule has 0 fully saturated rings. The highest BCUT2D eigenvalue weighted by atomic mass is 19.2. The maximum absolute atomic E-state index is 13.8. The minimum absolute atomic E-state index is 0.0246. The highest BCUT2D eigenvalue weighted by molar-refractivity contribution is 5.92. The molecule has 0 aliphatic rings. The van der Waals surface area contributed by atoms with Gasteiger partial charge in [0.2, 0.25) is 11.8 Å². The average Bonchev–Trinajstić information content (AvgIpc) is 3.50. The van der Waals surface area contributed by atoms with Gasteiger partial charge in [-0.25, -0.2) is 23.2 Å². The van der Waals surface area contributed by atoms with E-state index in [0.717, 1.165) is 12.1 Å². The lowest BCUT2D eigenvalue weighted by atomic mass is 10.1. The number of halogens is 2. The van der Waals surface area contributed by atoms with Gasteiger partial charge >= 0.3 is 5.97 Å². The summed E-state index contributed by atoms with van der Waals surface area (Å²) in [7, 11) is 1.18. The molecular formula is C19H13F2N7O3. The number of anilines is 1. The molecule has 5 aromatic rings. The van der Waals surface area contributed by atoms with Crippen molar-refractivity contribution in [2.24, 2.45) is 0 Å². The first-order valence-electron chi connectivity index (χ1n) is 8.94. The van der Waals surface area contributed by atoms with Crippen molar-refractivity contribution >= 4 is 28.6 Å². The van der Waals surface area contributed by atoms with E-state index < -0.39 is 23.6 Å². The van der Waals surface area contributed by atoms with Crippen molar-refractivity contribution in [2.75, 3.05) is 12.8 Å². The van der Waals surface area contributed by atoms with Crippen LogP contribution in [0.5, 0.6) is 0 Å². The Balaban J connectivity index is 1.73. The Morgan fingerprint density at radius 1 is 1.19 bits per heavy atom. The molecule has 1 atom stereocenters. The van der Waals surface area contributed by atoms with Crippen LogP contribution >= 0.6 is 0 Å². The van der Waals surface area contributed by atoms with E-state index in [1.807, 2.05) is 0 Å². The van der Waals surface area contributed by atoms with E-state index in [9.17, 15) is 13.6 Å². The van der Waals surface area contributed by atoms with Crippen molar-refractivity contribution in [2.45, 2.75) is 6.04 Å². The van der Waals surface area contributed by atoms with Crippen LogP contribution in [-0.2, 0) is 9.53 Å². The third kappa shape index (κ3) is 2.87. The number of carbonyl (C=O) groups is 1. The van der Waals surface area contributed by atoms with Crippen LogP contribution in [-0.4, -0.2) is 42.4 Å². The fraction of sp³-hybridized carbons (Fsp3) is 0.105. The molecule has 2 N–H and O–H groups in total. The second-order valence-corrected chi connectivity index (χ2v) is 6.54. The van der Waals surface area contributed by atoms with Crippen molar-refractivity contribution in [3.05, 3.63) is 60.0 Å². The molecule has 156 valence electrons. The molecule has 4 heterocycles. The molecule has 0 radical (unpaired) electrons. The molecule has 0 saturated heterocycles. The smallest absolute Gasteiger partial charge is 0.335 e. The van der Waals surface area contributed by atoms with Crippen LogP contribution in [0.4, 0.5) is 14.7 Å². The second kappa shape index (κ2) is 6.86. The zero-order chi connectivity index (χ0) is 21.7. The molecule has 0 saturated carbocycles. The molecule has 0 spiro atoms. The van der Waals surface area contributed by atoms with E-state index >= 15 is 0 Å². The lowest BCUT2D eigenvalue weighted by molar-refractivity contribution is -0.143. The van der Waals surface area contributed by atoms with Crippen LogP contribution in [0.1, 0.15) is 11.6 Å². The van der Waals surface area contributed by atoms with Crippen LogP contribution in [0.3, 0.4) is 0 Å². The molecule has 0 bridgehead atoms. The lowest BCUT2D eigenvalue weighted by Gasteiger charge is -2.16. The molecule has 12 heteroatoms. The maximum Gasteiger partial charge on any atom is 0.335 e. The third-order valence-corrected chi connectivity index (χ3v) is 4.72. The number of benzene rings is 1. The van der Waals surface area contributed by atoms with Crippen molar-refractivity contribution in [1.82, 2.24) is 29.4 Å². The Morgan fingerprint density at radius 2 is 2.03 bits per heavy atom. The second-order valence-electron chi connectivity index (χ2n) is 6.54. The number of carbonyl (C=O) groups excluding carboxylic acids is 1. The van der Waals surface area contributed by atoms with Gasteiger partial charge in [0.1, 0.15) is 0 Å². The Hall–Kier alpha value is -4.35. The molecule has 0 aliphatic carbocycles. The number of hydrogen-bond acceptors (Lipinski definition) is 8. The number of hydrogen-bond donors (Lipinski definition) is 1. The zero-order valence-corrected chi connectivity index (χ0v) is 15.9. The monoisotopic (exact) mass is 425 g/mol. The summed E-state index contributed by atoms with van der Waals surface area (Å²) in [5.74, 6) is -2.23. The number of esters is 1. The highest BCUT2D eigenvalue weighted by Crippen LogP contribution is 2.28. The summed E-state index contributed by atoms with van der Waals surface area (Å²) < 4.78 is 40.0. The van der Waals surface area contributed by atoms with Crippen molar-refractivity contribution in [3.8, 4) is 11.6 Å². The summed E-state index contributed by atoms with van der Waals surface area (Å²) in [5.41, 5.74) is 6.69. The number of methoxy groups -OCH3 is 1. The van der Waals surface area contributed by atoms with Gasteiger partial charge in [0.05, 0.1) is 25.0 Å². The summed E-state index contributed by atoms with van der Waals surface area (Å²) in [6.45, 7) is 0. The number of aromatic nitrogens is 6.